The normalized spacial score (nSPS) is 12.7. The van der Waals surface area contributed by atoms with E-state index >= 15 is 0 Å². The van der Waals surface area contributed by atoms with E-state index in [1.165, 1.54) is 0 Å². The molecule has 1 aromatic heterocycles. The lowest BCUT2D eigenvalue weighted by Crippen LogP contribution is -2.17. The van der Waals surface area contributed by atoms with Crippen LogP contribution >= 0.6 is 11.6 Å². The fourth-order valence-corrected chi connectivity index (χ4v) is 2.07. The summed E-state index contributed by atoms with van der Waals surface area (Å²) in [7, 11) is 1.91. The topological polar surface area (TPSA) is 25.2 Å². The van der Waals surface area contributed by atoms with Gasteiger partial charge in [-0.2, -0.15) is 0 Å². The van der Waals surface area contributed by atoms with Crippen LogP contribution in [0.25, 0.3) is 0 Å². The Kier molecular flexibility index (Phi) is 3.32. The van der Waals surface area contributed by atoms with Crippen molar-refractivity contribution in [1.82, 2.24) is 5.32 Å². The second-order valence-electron chi connectivity index (χ2n) is 3.76. The van der Waals surface area contributed by atoms with Crippen LogP contribution in [0.5, 0.6) is 0 Å². The highest BCUT2D eigenvalue weighted by Crippen LogP contribution is 2.30. The Morgan fingerprint density at radius 2 is 2.12 bits per heavy atom. The fourth-order valence-electron chi connectivity index (χ4n) is 1.83. The highest BCUT2D eigenvalue weighted by molar-refractivity contribution is 6.32. The molecule has 0 bridgehead atoms. The minimum absolute atomic E-state index is 0.0751. The van der Waals surface area contributed by atoms with Gasteiger partial charge in [-0.1, -0.05) is 29.8 Å². The summed E-state index contributed by atoms with van der Waals surface area (Å²) in [6.45, 7) is 2.01. The van der Waals surface area contributed by atoms with Crippen LogP contribution in [0.2, 0.25) is 5.02 Å². The maximum absolute atomic E-state index is 6.31. The molecule has 0 radical (unpaired) electrons. The molecule has 0 saturated heterocycles. The van der Waals surface area contributed by atoms with E-state index in [1.54, 1.807) is 12.5 Å². The van der Waals surface area contributed by atoms with Gasteiger partial charge in [0.25, 0.3) is 0 Å². The van der Waals surface area contributed by atoms with Crippen LogP contribution in [0, 0.1) is 6.92 Å². The third-order valence-corrected chi connectivity index (χ3v) is 3.21. The van der Waals surface area contributed by atoms with E-state index in [0.29, 0.717) is 0 Å². The Balaban J connectivity index is 2.45. The molecule has 0 spiro atoms. The summed E-state index contributed by atoms with van der Waals surface area (Å²) in [4.78, 5) is 0. The monoisotopic (exact) mass is 235 g/mol. The van der Waals surface area contributed by atoms with Crippen LogP contribution in [-0.2, 0) is 0 Å². The van der Waals surface area contributed by atoms with Gasteiger partial charge in [-0.15, -0.1) is 0 Å². The molecule has 1 heterocycles. The molecule has 0 fully saturated rings. The van der Waals surface area contributed by atoms with Gasteiger partial charge < -0.3 is 9.73 Å². The molecular formula is C13H14ClNO. The van der Waals surface area contributed by atoms with Gasteiger partial charge in [0, 0.05) is 10.6 Å². The molecule has 1 unspecified atom stereocenters. The van der Waals surface area contributed by atoms with E-state index in [-0.39, 0.29) is 6.04 Å². The summed E-state index contributed by atoms with van der Waals surface area (Å²) in [5.41, 5.74) is 3.24. The maximum atomic E-state index is 6.31. The molecule has 0 amide bonds. The zero-order valence-corrected chi connectivity index (χ0v) is 10.1. The first-order valence-corrected chi connectivity index (χ1v) is 5.56. The molecule has 0 aliphatic heterocycles. The zero-order chi connectivity index (χ0) is 11.5. The highest BCUT2D eigenvalue weighted by Gasteiger charge is 2.16. The Hall–Kier alpha value is -1.25. The number of hydrogen-bond acceptors (Lipinski definition) is 2. The predicted molar refractivity (Wildman–Crippen MR) is 65.8 cm³/mol. The lowest BCUT2D eigenvalue weighted by molar-refractivity contribution is 0.557. The van der Waals surface area contributed by atoms with Crippen LogP contribution < -0.4 is 5.32 Å². The van der Waals surface area contributed by atoms with Gasteiger partial charge in [0.2, 0.25) is 0 Å². The number of halogens is 1. The first kappa shape index (κ1) is 11.2. The minimum atomic E-state index is 0.0751. The SMILES string of the molecule is CNC(c1ccoc1)c1cccc(C)c1Cl. The van der Waals surface area contributed by atoms with E-state index in [1.807, 2.05) is 38.2 Å². The summed E-state index contributed by atoms with van der Waals surface area (Å²) in [5.74, 6) is 0. The Morgan fingerprint density at radius 3 is 2.75 bits per heavy atom. The van der Waals surface area contributed by atoms with Crippen molar-refractivity contribution in [3.8, 4) is 0 Å². The first-order valence-electron chi connectivity index (χ1n) is 5.18. The molecule has 2 nitrogen and oxygen atoms in total. The average Bonchev–Trinajstić information content (AvgIpc) is 2.79. The van der Waals surface area contributed by atoms with E-state index < -0.39 is 0 Å². The average molecular weight is 236 g/mol. The quantitative estimate of drug-likeness (QED) is 0.880. The minimum Gasteiger partial charge on any atom is -0.472 e. The second kappa shape index (κ2) is 4.73. The van der Waals surface area contributed by atoms with E-state index in [9.17, 15) is 0 Å². The van der Waals surface area contributed by atoms with Gasteiger partial charge in [0.15, 0.2) is 0 Å². The van der Waals surface area contributed by atoms with Gasteiger partial charge in [0.05, 0.1) is 18.6 Å². The van der Waals surface area contributed by atoms with Gasteiger partial charge in [-0.25, -0.2) is 0 Å². The van der Waals surface area contributed by atoms with Crippen molar-refractivity contribution in [1.29, 1.82) is 0 Å². The van der Waals surface area contributed by atoms with Crippen LogP contribution in [0.15, 0.2) is 41.2 Å². The maximum Gasteiger partial charge on any atom is 0.0953 e. The summed E-state index contributed by atoms with van der Waals surface area (Å²) in [6, 6.07) is 8.07. The van der Waals surface area contributed by atoms with Crippen molar-refractivity contribution in [2.24, 2.45) is 0 Å². The molecule has 1 N–H and O–H groups in total. The lowest BCUT2D eigenvalue weighted by Gasteiger charge is -2.17. The zero-order valence-electron chi connectivity index (χ0n) is 9.33. The Bertz CT molecular complexity index is 465. The predicted octanol–water partition coefficient (Wildman–Crippen LogP) is 3.55. The van der Waals surface area contributed by atoms with Crippen LogP contribution in [-0.4, -0.2) is 7.05 Å². The third kappa shape index (κ3) is 1.99. The summed E-state index contributed by atoms with van der Waals surface area (Å²) in [6.07, 6.45) is 3.41. The summed E-state index contributed by atoms with van der Waals surface area (Å²) < 4.78 is 5.11. The molecule has 0 aliphatic rings. The Labute approximate surface area is 100 Å². The second-order valence-corrected chi connectivity index (χ2v) is 4.13. The van der Waals surface area contributed by atoms with Gasteiger partial charge >= 0.3 is 0 Å². The molecule has 1 atom stereocenters. The molecular weight excluding hydrogens is 222 g/mol. The van der Waals surface area contributed by atoms with Crippen molar-refractivity contribution in [3.05, 3.63) is 58.5 Å². The number of rotatable bonds is 3. The lowest BCUT2D eigenvalue weighted by atomic mass is 9.99. The smallest absolute Gasteiger partial charge is 0.0953 e. The third-order valence-electron chi connectivity index (χ3n) is 2.70. The number of furan rings is 1. The first-order chi connectivity index (χ1) is 7.74. The van der Waals surface area contributed by atoms with Crippen LogP contribution in [0.4, 0.5) is 0 Å². The van der Waals surface area contributed by atoms with Crippen LogP contribution in [0.3, 0.4) is 0 Å². The number of aryl methyl sites for hydroxylation is 1. The van der Waals surface area contributed by atoms with E-state index in [0.717, 1.165) is 21.7 Å². The molecule has 0 aliphatic carbocycles. The van der Waals surface area contributed by atoms with Crippen molar-refractivity contribution in [3.63, 3.8) is 0 Å². The largest absolute Gasteiger partial charge is 0.472 e. The van der Waals surface area contributed by atoms with E-state index in [2.05, 4.69) is 5.32 Å². The van der Waals surface area contributed by atoms with Crippen LogP contribution in [0.1, 0.15) is 22.7 Å². The van der Waals surface area contributed by atoms with Crippen molar-refractivity contribution in [2.45, 2.75) is 13.0 Å². The van der Waals surface area contributed by atoms with E-state index in [4.69, 9.17) is 16.0 Å². The number of benzene rings is 1. The van der Waals surface area contributed by atoms with Crippen molar-refractivity contribution >= 4 is 11.6 Å². The molecule has 84 valence electrons. The van der Waals surface area contributed by atoms with Gasteiger partial charge in [-0.3, -0.25) is 0 Å². The van der Waals surface area contributed by atoms with Crippen molar-refractivity contribution in [2.75, 3.05) is 7.05 Å². The van der Waals surface area contributed by atoms with Gasteiger partial charge in [0.1, 0.15) is 0 Å². The van der Waals surface area contributed by atoms with Gasteiger partial charge in [-0.05, 0) is 31.2 Å². The molecule has 0 saturated carbocycles. The molecule has 16 heavy (non-hydrogen) atoms. The molecule has 1 aromatic carbocycles. The number of nitrogens with one attached hydrogen (secondary N) is 1. The molecule has 3 heteroatoms. The molecule has 2 rings (SSSR count). The summed E-state index contributed by atoms with van der Waals surface area (Å²) in [5, 5.41) is 4.05. The number of hydrogen-bond donors (Lipinski definition) is 1. The Morgan fingerprint density at radius 1 is 1.31 bits per heavy atom. The molecule has 2 aromatic rings. The highest BCUT2D eigenvalue weighted by atomic mass is 35.5. The van der Waals surface area contributed by atoms with Crippen molar-refractivity contribution < 1.29 is 4.42 Å². The fraction of sp³-hybridized carbons (Fsp3) is 0.231. The summed E-state index contributed by atoms with van der Waals surface area (Å²) >= 11 is 6.31. The standard InChI is InChI=1S/C13H14ClNO/c1-9-4-3-5-11(12(9)14)13(15-2)10-6-7-16-8-10/h3-8,13,15H,1-2H3.